The second kappa shape index (κ2) is 12.9. The number of carboxylic acid groups (broad SMARTS) is 1. The lowest BCUT2D eigenvalue weighted by Crippen LogP contribution is -2.59. The van der Waals surface area contributed by atoms with Crippen LogP contribution in [-0.4, -0.2) is 76.4 Å². The van der Waals surface area contributed by atoms with Crippen molar-refractivity contribution >= 4 is 48.1 Å². The largest absolute Gasteiger partial charge is 0.480 e. The molecule has 164 valence electrons. The first-order valence-corrected chi connectivity index (χ1v) is 9.53. The van der Waals surface area contributed by atoms with E-state index >= 15 is 0 Å². The van der Waals surface area contributed by atoms with Crippen LogP contribution in [0.25, 0.3) is 0 Å². The number of esters is 1. The number of Topliss-reactive ketones (excluding diaryl/α,β-unsaturated/α-hetero) is 1. The third kappa shape index (κ3) is 7.81. The van der Waals surface area contributed by atoms with Crippen LogP contribution in [0.5, 0.6) is 0 Å². The van der Waals surface area contributed by atoms with Gasteiger partial charge < -0.3 is 20.9 Å². The number of thiol groups is 1. The molecule has 0 aliphatic heterocycles. The summed E-state index contributed by atoms with van der Waals surface area (Å²) in [4.78, 5) is 72.8. The molecule has 3 amide bonds. The van der Waals surface area contributed by atoms with E-state index in [2.05, 4.69) is 22.7 Å². The summed E-state index contributed by atoms with van der Waals surface area (Å²) in [5.41, 5.74) is 5.33. The molecule has 0 heterocycles. The highest BCUT2D eigenvalue weighted by Crippen LogP contribution is 2.12. The number of carboxylic acids is 1. The fourth-order valence-corrected chi connectivity index (χ4v) is 2.53. The minimum absolute atomic E-state index is 0.133. The molecule has 0 aliphatic carbocycles. The van der Waals surface area contributed by atoms with Crippen LogP contribution >= 0.6 is 12.6 Å². The number of hydrogen-bond donors (Lipinski definition) is 4. The maximum atomic E-state index is 12.9. The van der Waals surface area contributed by atoms with Crippen molar-refractivity contribution in [2.24, 2.45) is 5.73 Å². The van der Waals surface area contributed by atoms with Crippen molar-refractivity contribution in [3.63, 3.8) is 0 Å². The average Bonchev–Trinajstić information content (AvgIpc) is 2.71. The summed E-state index contributed by atoms with van der Waals surface area (Å²) in [6, 6.07) is -4.36. The number of aliphatic carboxylic acids is 1. The van der Waals surface area contributed by atoms with E-state index in [1.54, 1.807) is 0 Å². The number of imide groups is 1. The van der Waals surface area contributed by atoms with E-state index in [0.29, 0.717) is 4.90 Å². The first-order chi connectivity index (χ1) is 13.5. The number of nitrogens with zero attached hydrogens (tertiary/aromatic N) is 1. The number of nitrogens with two attached hydrogens (primary N) is 1. The zero-order valence-electron chi connectivity index (χ0n) is 16.5. The maximum Gasteiger partial charge on any atom is 0.336 e. The highest BCUT2D eigenvalue weighted by atomic mass is 32.1. The fourth-order valence-electron chi connectivity index (χ4n) is 2.28. The predicted molar refractivity (Wildman–Crippen MR) is 104 cm³/mol. The Morgan fingerprint density at radius 3 is 2.14 bits per heavy atom. The number of hydrogen-bond acceptors (Lipinski definition) is 9. The van der Waals surface area contributed by atoms with Gasteiger partial charge in [0.15, 0.2) is 11.8 Å². The van der Waals surface area contributed by atoms with Crippen molar-refractivity contribution in [3.05, 3.63) is 0 Å². The van der Waals surface area contributed by atoms with E-state index in [1.807, 2.05) is 0 Å². The number of ether oxygens (including phenoxy) is 1. The molecule has 0 saturated heterocycles. The van der Waals surface area contributed by atoms with Gasteiger partial charge in [-0.15, -0.1) is 0 Å². The summed E-state index contributed by atoms with van der Waals surface area (Å²) in [6.45, 7) is 2.90. The number of carbonyl (C=O) groups excluding carboxylic acids is 5. The first kappa shape index (κ1) is 26.5. The van der Waals surface area contributed by atoms with Gasteiger partial charge in [0.2, 0.25) is 11.8 Å². The highest BCUT2D eigenvalue weighted by Gasteiger charge is 2.41. The van der Waals surface area contributed by atoms with Gasteiger partial charge in [0.25, 0.3) is 5.91 Å². The molecule has 3 unspecified atom stereocenters. The zero-order valence-corrected chi connectivity index (χ0v) is 17.4. The molecule has 0 rings (SSSR count). The Bertz CT molecular complexity index is 639. The Kier molecular flexibility index (Phi) is 11.8. The second-order valence-corrected chi connectivity index (χ2v) is 6.35. The van der Waals surface area contributed by atoms with Crippen LogP contribution in [0.4, 0.5) is 0 Å². The van der Waals surface area contributed by atoms with E-state index in [1.165, 1.54) is 13.8 Å². The molecular formula is C17H27N3O8S. The van der Waals surface area contributed by atoms with Gasteiger partial charge in [-0.05, 0) is 6.42 Å². The minimum atomic E-state index is -1.77. The van der Waals surface area contributed by atoms with E-state index in [4.69, 9.17) is 10.8 Å². The molecule has 29 heavy (non-hydrogen) atoms. The highest BCUT2D eigenvalue weighted by molar-refractivity contribution is 7.80. The summed E-state index contributed by atoms with van der Waals surface area (Å²) in [5.74, 6) is -5.81. The minimum Gasteiger partial charge on any atom is -0.480 e. The topological polar surface area (TPSA) is 173 Å². The molecule has 12 heteroatoms. The Morgan fingerprint density at radius 1 is 1.14 bits per heavy atom. The lowest BCUT2D eigenvalue weighted by molar-refractivity contribution is -0.163. The summed E-state index contributed by atoms with van der Waals surface area (Å²) in [7, 11) is 1.01. The molecule has 0 aromatic rings. The fraction of sp³-hybridized carbons (Fsp3) is 0.647. The predicted octanol–water partition coefficient (Wildman–Crippen LogP) is -1.12. The number of nitrogens with one attached hydrogen (secondary N) is 1. The normalized spacial score (nSPS) is 13.6. The second-order valence-electron chi connectivity index (χ2n) is 5.99. The summed E-state index contributed by atoms with van der Waals surface area (Å²) in [5, 5.41) is 11.1. The van der Waals surface area contributed by atoms with Crippen molar-refractivity contribution in [3.8, 4) is 0 Å². The Labute approximate surface area is 173 Å². The standard InChI is InChI=1S/C17H27N3O8S/c1-4-11(21)14(17(27)28-3)20(13(23)5-2)15(24)10(8-29)19-12(22)7-6-9(18)16(25)26/h9-10,14,29H,4-8,18H2,1-3H3,(H,19,22)(H,25,26). The number of carbonyl (C=O) groups is 6. The van der Waals surface area contributed by atoms with Gasteiger partial charge in [0.1, 0.15) is 12.1 Å². The van der Waals surface area contributed by atoms with Crippen LogP contribution in [0.3, 0.4) is 0 Å². The number of ketones is 1. The van der Waals surface area contributed by atoms with Crippen molar-refractivity contribution < 1.29 is 38.6 Å². The number of rotatable bonds is 12. The van der Waals surface area contributed by atoms with Crippen molar-refractivity contribution in [2.75, 3.05) is 12.9 Å². The smallest absolute Gasteiger partial charge is 0.336 e. The quantitative estimate of drug-likeness (QED) is 0.169. The summed E-state index contributed by atoms with van der Waals surface area (Å²) in [6.07, 6.45) is -0.783. The molecule has 4 N–H and O–H groups in total. The molecule has 0 fully saturated rings. The zero-order chi connectivity index (χ0) is 22.7. The molecule has 3 atom stereocenters. The van der Waals surface area contributed by atoms with Gasteiger partial charge in [0.05, 0.1) is 7.11 Å². The summed E-state index contributed by atoms with van der Waals surface area (Å²) < 4.78 is 4.56. The van der Waals surface area contributed by atoms with Crippen LogP contribution in [-0.2, 0) is 33.5 Å². The lowest BCUT2D eigenvalue weighted by Gasteiger charge is -2.30. The van der Waals surface area contributed by atoms with Gasteiger partial charge in [-0.3, -0.25) is 28.9 Å². The van der Waals surface area contributed by atoms with Crippen molar-refractivity contribution in [1.82, 2.24) is 10.2 Å². The molecule has 0 aromatic heterocycles. The third-order valence-electron chi connectivity index (χ3n) is 3.96. The van der Waals surface area contributed by atoms with Gasteiger partial charge in [-0.25, -0.2) is 4.79 Å². The third-order valence-corrected chi connectivity index (χ3v) is 4.33. The van der Waals surface area contributed by atoms with Crippen molar-refractivity contribution in [2.45, 2.75) is 57.7 Å². The molecule has 0 bridgehead atoms. The van der Waals surface area contributed by atoms with Crippen LogP contribution in [0.1, 0.15) is 39.5 Å². The molecule has 0 aromatic carbocycles. The Hall–Kier alpha value is -2.47. The molecule has 0 radical (unpaired) electrons. The van der Waals surface area contributed by atoms with Gasteiger partial charge >= 0.3 is 11.9 Å². The SMILES string of the molecule is CCC(=O)C(C(=O)OC)N(C(=O)CC)C(=O)C(CS)NC(=O)CCC(N)C(=O)O. The average molecular weight is 433 g/mol. The first-order valence-electron chi connectivity index (χ1n) is 8.90. The molecule has 0 saturated carbocycles. The molecule has 11 nitrogen and oxygen atoms in total. The number of methoxy groups -OCH3 is 1. The monoisotopic (exact) mass is 433 g/mol. The van der Waals surface area contributed by atoms with Crippen LogP contribution in [0.15, 0.2) is 0 Å². The Balaban J connectivity index is 5.60. The van der Waals surface area contributed by atoms with E-state index in [0.717, 1.165) is 7.11 Å². The van der Waals surface area contributed by atoms with E-state index < -0.39 is 53.6 Å². The summed E-state index contributed by atoms with van der Waals surface area (Å²) >= 11 is 3.99. The number of amides is 3. The van der Waals surface area contributed by atoms with E-state index in [9.17, 15) is 28.8 Å². The van der Waals surface area contributed by atoms with Crippen LogP contribution < -0.4 is 11.1 Å². The molecule has 0 aliphatic rings. The van der Waals surface area contributed by atoms with Crippen LogP contribution in [0, 0.1) is 0 Å². The molecular weight excluding hydrogens is 406 g/mol. The Morgan fingerprint density at radius 2 is 1.72 bits per heavy atom. The van der Waals surface area contributed by atoms with Gasteiger partial charge in [-0.2, -0.15) is 12.6 Å². The van der Waals surface area contributed by atoms with Gasteiger partial charge in [0, 0.05) is 25.0 Å². The van der Waals surface area contributed by atoms with Crippen LogP contribution in [0.2, 0.25) is 0 Å². The maximum absolute atomic E-state index is 12.9. The van der Waals surface area contributed by atoms with Gasteiger partial charge in [-0.1, -0.05) is 13.8 Å². The lowest BCUT2D eigenvalue weighted by atomic mass is 10.1. The van der Waals surface area contributed by atoms with Crippen molar-refractivity contribution in [1.29, 1.82) is 0 Å². The molecule has 0 spiro atoms. The van der Waals surface area contributed by atoms with E-state index in [-0.39, 0.29) is 31.4 Å².